The predicted octanol–water partition coefficient (Wildman–Crippen LogP) is 5.51. The molecule has 2 heterocycles. The first kappa shape index (κ1) is 21.4. The molecule has 4 heteroatoms. The highest BCUT2D eigenvalue weighted by Crippen LogP contribution is 2.21. The Bertz CT molecular complexity index is 676. The third-order valence-electron chi connectivity index (χ3n) is 4.01. The lowest BCUT2D eigenvalue weighted by atomic mass is 10.1. The summed E-state index contributed by atoms with van der Waals surface area (Å²) in [6.07, 6.45) is 11.6. The Balaban J connectivity index is 0.00000163. The highest BCUT2D eigenvalue weighted by molar-refractivity contribution is 5.77. The van der Waals surface area contributed by atoms with E-state index in [4.69, 9.17) is 0 Å². The number of urea groups is 1. The van der Waals surface area contributed by atoms with Crippen LogP contribution in [-0.2, 0) is 13.1 Å². The minimum absolute atomic E-state index is 0.148. The van der Waals surface area contributed by atoms with Crippen LogP contribution in [0.3, 0.4) is 0 Å². The van der Waals surface area contributed by atoms with Crippen LogP contribution in [0.25, 0.3) is 0 Å². The van der Waals surface area contributed by atoms with Crippen LogP contribution < -0.4 is 5.32 Å². The summed E-state index contributed by atoms with van der Waals surface area (Å²) < 4.78 is 0. The van der Waals surface area contributed by atoms with E-state index in [1.165, 1.54) is 0 Å². The monoisotopic (exact) mass is 353 g/mol. The predicted molar refractivity (Wildman–Crippen MR) is 109 cm³/mol. The van der Waals surface area contributed by atoms with Gasteiger partial charge in [0.05, 0.1) is 0 Å². The maximum absolute atomic E-state index is 12.3. The van der Waals surface area contributed by atoms with Gasteiger partial charge in [-0.05, 0) is 47.8 Å². The molecule has 0 saturated carbocycles. The lowest BCUT2D eigenvalue weighted by Crippen LogP contribution is -2.35. The summed E-state index contributed by atoms with van der Waals surface area (Å²) in [6.45, 7) is 17.3. The Morgan fingerprint density at radius 2 is 1.96 bits per heavy atom. The van der Waals surface area contributed by atoms with E-state index >= 15 is 0 Å². The molecule has 0 fully saturated rings. The number of aromatic nitrogens is 1. The lowest BCUT2D eigenvalue weighted by Gasteiger charge is -2.16. The molecule has 0 aromatic carbocycles. The molecule has 0 aliphatic carbocycles. The topological polar surface area (TPSA) is 45.2 Å². The van der Waals surface area contributed by atoms with Gasteiger partial charge in [0.1, 0.15) is 0 Å². The number of hydrogen-bond donors (Lipinski definition) is 1. The van der Waals surface area contributed by atoms with Crippen molar-refractivity contribution >= 4 is 6.03 Å². The van der Waals surface area contributed by atoms with E-state index in [0.29, 0.717) is 18.8 Å². The van der Waals surface area contributed by atoms with Gasteiger partial charge in [-0.2, -0.15) is 0 Å². The molecule has 1 aliphatic rings. The van der Waals surface area contributed by atoms with E-state index in [9.17, 15) is 4.79 Å². The molecule has 2 rings (SSSR count). The first-order valence-corrected chi connectivity index (χ1v) is 9.22. The molecular weight excluding hydrogens is 322 g/mol. The molecule has 140 valence electrons. The fourth-order valence-corrected chi connectivity index (χ4v) is 2.45. The second-order valence-electron chi connectivity index (χ2n) is 5.99. The molecule has 1 aromatic heterocycles. The summed E-state index contributed by atoms with van der Waals surface area (Å²) in [4.78, 5) is 18.1. The van der Waals surface area contributed by atoms with E-state index in [0.717, 1.165) is 35.1 Å². The van der Waals surface area contributed by atoms with Crippen LogP contribution in [0.15, 0.2) is 66.7 Å². The van der Waals surface area contributed by atoms with E-state index in [1.54, 1.807) is 17.2 Å². The van der Waals surface area contributed by atoms with Gasteiger partial charge >= 0.3 is 6.03 Å². The number of nitrogens with one attached hydrogen (secondary N) is 1. The molecule has 4 nitrogen and oxygen atoms in total. The summed E-state index contributed by atoms with van der Waals surface area (Å²) in [5.74, 6) is 0. The molecule has 26 heavy (non-hydrogen) atoms. The fraction of sp³-hybridized carbons (Fsp3) is 0.364. The number of nitrogens with zero attached hydrogens (tertiary/aromatic N) is 2. The van der Waals surface area contributed by atoms with Crippen LogP contribution in [0.2, 0.25) is 0 Å². The average molecular weight is 354 g/mol. The van der Waals surface area contributed by atoms with Crippen molar-refractivity contribution in [1.82, 2.24) is 15.2 Å². The molecule has 0 bridgehead atoms. The maximum Gasteiger partial charge on any atom is 0.322 e. The molecule has 0 unspecified atom stereocenters. The molecule has 0 spiro atoms. The quantitative estimate of drug-likeness (QED) is 0.686. The van der Waals surface area contributed by atoms with Gasteiger partial charge in [-0.25, -0.2) is 4.79 Å². The number of rotatable bonds is 6. The molecule has 1 aromatic rings. The average Bonchev–Trinajstić information content (AvgIpc) is 3.10. The van der Waals surface area contributed by atoms with Crippen LogP contribution in [-0.4, -0.2) is 15.9 Å². The van der Waals surface area contributed by atoms with Crippen molar-refractivity contribution in [3.05, 3.63) is 77.8 Å². The summed E-state index contributed by atoms with van der Waals surface area (Å²) in [7, 11) is 0. The van der Waals surface area contributed by atoms with E-state index < -0.39 is 0 Å². The first-order valence-electron chi connectivity index (χ1n) is 9.22. The largest absolute Gasteiger partial charge is 0.322 e. The molecule has 0 radical (unpaired) electrons. The van der Waals surface area contributed by atoms with Crippen molar-refractivity contribution in [3.63, 3.8) is 0 Å². The summed E-state index contributed by atoms with van der Waals surface area (Å²) >= 11 is 0. The Hall–Kier alpha value is -2.62. The Kier molecular flexibility index (Phi) is 9.13. The highest BCUT2D eigenvalue weighted by atomic mass is 16.2. The van der Waals surface area contributed by atoms with Gasteiger partial charge in [0.25, 0.3) is 0 Å². The zero-order valence-electron chi connectivity index (χ0n) is 16.5. The zero-order valence-corrected chi connectivity index (χ0v) is 16.5. The minimum Gasteiger partial charge on any atom is -0.316 e. The number of hydrogen-bond acceptors (Lipinski definition) is 2. The third kappa shape index (κ3) is 6.36. The van der Waals surface area contributed by atoms with Gasteiger partial charge in [-0.1, -0.05) is 52.5 Å². The molecule has 0 atom stereocenters. The summed E-state index contributed by atoms with van der Waals surface area (Å²) in [5.41, 5.74) is 4.87. The van der Waals surface area contributed by atoms with Crippen molar-refractivity contribution in [2.45, 2.75) is 53.6 Å². The van der Waals surface area contributed by atoms with Gasteiger partial charge in [0.15, 0.2) is 0 Å². The zero-order chi connectivity index (χ0) is 19.5. The maximum atomic E-state index is 12.3. The highest BCUT2D eigenvalue weighted by Gasteiger charge is 2.23. The van der Waals surface area contributed by atoms with Gasteiger partial charge in [-0.3, -0.25) is 4.98 Å². The van der Waals surface area contributed by atoms with Gasteiger partial charge in [0, 0.05) is 31.2 Å². The summed E-state index contributed by atoms with van der Waals surface area (Å²) in [6, 6.07) is 1.80. The molecular formula is C22H31N3O. The number of amides is 2. The van der Waals surface area contributed by atoms with Crippen LogP contribution in [0.4, 0.5) is 4.79 Å². The normalized spacial score (nSPS) is 13.1. The van der Waals surface area contributed by atoms with Crippen molar-refractivity contribution in [1.29, 1.82) is 0 Å². The standard InChI is InChI=1S/C20H25N3O.C2H6/c1-5-6-7-15(2)16(3)8-9-17(4)22-20(24)23-13-18-10-11-21-12-19(18)14-23;1-2/h7-12H,3-6,13-14H2,1-2H3,(H,22,24);1-2H3/b9-8-,15-7+;. The van der Waals surface area contributed by atoms with Crippen molar-refractivity contribution in [3.8, 4) is 0 Å². The molecule has 0 saturated heterocycles. The smallest absolute Gasteiger partial charge is 0.316 e. The number of unbranched alkanes of at least 4 members (excludes halogenated alkanes) is 1. The van der Waals surface area contributed by atoms with Crippen LogP contribution in [0.1, 0.15) is 51.7 Å². The number of fused-ring (bicyclic) bond motifs is 1. The molecule has 1 N–H and O–H groups in total. The Morgan fingerprint density at radius 1 is 1.27 bits per heavy atom. The van der Waals surface area contributed by atoms with Crippen molar-refractivity contribution in [2.75, 3.05) is 0 Å². The van der Waals surface area contributed by atoms with Gasteiger partial charge < -0.3 is 10.2 Å². The van der Waals surface area contributed by atoms with Crippen LogP contribution >= 0.6 is 0 Å². The second kappa shape index (κ2) is 11.1. The fourth-order valence-electron chi connectivity index (χ4n) is 2.45. The number of allylic oxidation sites excluding steroid dienone is 5. The Morgan fingerprint density at radius 3 is 2.62 bits per heavy atom. The SMILES string of the molecule is C=C(/C=C\C(=C)/C(C)=C/CCC)NC(=O)N1Cc2ccncc2C1.CC. The van der Waals surface area contributed by atoms with Gasteiger partial charge in [0.2, 0.25) is 0 Å². The summed E-state index contributed by atoms with van der Waals surface area (Å²) in [5, 5.41) is 2.82. The second-order valence-corrected chi connectivity index (χ2v) is 5.99. The van der Waals surface area contributed by atoms with E-state index in [2.05, 4.69) is 36.5 Å². The first-order chi connectivity index (χ1) is 12.5. The molecule has 2 amide bonds. The van der Waals surface area contributed by atoms with Crippen LogP contribution in [0.5, 0.6) is 0 Å². The number of carbonyl (C=O) groups is 1. The van der Waals surface area contributed by atoms with E-state index in [1.807, 2.05) is 39.1 Å². The van der Waals surface area contributed by atoms with Crippen molar-refractivity contribution < 1.29 is 4.79 Å². The van der Waals surface area contributed by atoms with Gasteiger partial charge in [-0.15, -0.1) is 0 Å². The lowest BCUT2D eigenvalue weighted by molar-refractivity contribution is 0.201. The number of pyridine rings is 1. The van der Waals surface area contributed by atoms with Crippen LogP contribution in [0, 0.1) is 0 Å². The van der Waals surface area contributed by atoms with E-state index in [-0.39, 0.29) is 6.03 Å². The third-order valence-corrected chi connectivity index (χ3v) is 4.01. The van der Waals surface area contributed by atoms with Crippen molar-refractivity contribution in [2.24, 2.45) is 0 Å². The molecule has 1 aliphatic heterocycles. The Labute approximate surface area is 158 Å². The number of carbonyl (C=O) groups excluding carboxylic acids is 1. The minimum atomic E-state index is -0.148.